The zero-order valence-electron chi connectivity index (χ0n) is 17.7. The molecule has 29 heavy (non-hydrogen) atoms. The highest BCUT2D eigenvalue weighted by atomic mass is 35.5. The second-order valence-electron chi connectivity index (χ2n) is 10.2. The van der Waals surface area contributed by atoms with Crippen molar-refractivity contribution in [2.45, 2.75) is 71.4 Å². The molecule has 4 fully saturated rings. The highest BCUT2D eigenvalue weighted by Crippen LogP contribution is 2.61. The summed E-state index contributed by atoms with van der Waals surface area (Å²) in [6, 6.07) is 6.51. The number of carbonyl (C=O) groups is 2. The lowest BCUT2D eigenvalue weighted by Gasteiger charge is -2.59. The standard InChI is InChI=1S/C24H33ClN2O2/c1-14(2)21(27-22(28)19-6-4-5-7-20(19)25)23(29)26-15(3)24-11-16-8-17(12-24)10-18(9-16)13-24/h4-7,14-18,21H,8-13H2,1-3H3,(H,26,29)(H,27,28). The van der Waals surface area contributed by atoms with E-state index in [4.69, 9.17) is 11.6 Å². The molecule has 0 aromatic heterocycles. The summed E-state index contributed by atoms with van der Waals surface area (Å²) in [7, 11) is 0. The molecular formula is C24H33ClN2O2. The van der Waals surface area contributed by atoms with Gasteiger partial charge in [0.2, 0.25) is 5.91 Å². The van der Waals surface area contributed by atoms with E-state index in [1.54, 1.807) is 24.3 Å². The van der Waals surface area contributed by atoms with Gasteiger partial charge in [-0.1, -0.05) is 37.6 Å². The largest absolute Gasteiger partial charge is 0.351 e. The molecule has 2 amide bonds. The normalized spacial score (nSPS) is 32.1. The van der Waals surface area contributed by atoms with Gasteiger partial charge in [0.1, 0.15) is 6.04 Å². The van der Waals surface area contributed by atoms with Crippen LogP contribution in [0.15, 0.2) is 24.3 Å². The molecule has 2 atom stereocenters. The maximum Gasteiger partial charge on any atom is 0.253 e. The van der Waals surface area contributed by atoms with Crippen LogP contribution in [0.1, 0.15) is 69.7 Å². The SMILES string of the molecule is CC(C)C(NC(=O)c1ccccc1Cl)C(=O)NC(C)C12CC3CC(CC(C3)C1)C2. The number of carbonyl (C=O) groups excluding carboxylic acids is 2. The van der Waals surface area contributed by atoms with Crippen LogP contribution >= 0.6 is 11.6 Å². The molecule has 1 aromatic rings. The van der Waals surface area contributed by atoms with E-state index in [9.17, 15) is 9.59 Å². The minimum absolute atomic E-state index is 0.00926. The Morgan fingerprint density at radius 2 is 1.52 bits per heavy atom. The summed E-state index contributed by atoms with van der Waals surface area (Å²) in [5, 5.41) is 6.62. The van der Waals surface area contributed by atoms with Crippen LogP contribution in [-0.2, 0) is 4.79 Å². The van der Waals surface area contributed by atoms with Crippen molar-refractivity contribution in [3.8, 4) is 0 Å². The van der Waals surface area contributed by atoms with E-state index in [0.29, 0.717) is 10.6 Å². The summed E-state index contributed by atoms with van der Waals surface area (Å²) >= 11 is 6.16. The Bertz CT molecular complexity index is 756. The molecule has 4 aliphatic rings. The first-order chi connectivity index (χ1) is 13.8. The molecule has 158 valence electrons. The third kappa shape index (κ3) is 4.05. The Hall–Kier alpha value is -1.55. The van der Waals surface area contributed by atoms with E-state index in [-0.39, 0.29) is 29.2 Å². The summed E-state index contributed by atoms with van der Waals surface area (Å²) < 4.78 is 0. The molecule has 5 heteroatoms. The Kier molecular flexibility index (Phi) is 5.67. The van der Waals surface area contributed by atoms with Crippen LogP contribution in [0.25, 0.3) is 0 Å². The molecule has 1 aromatic carbocycles. The van der Waals surface area contributed by atoms with Crippen LogP contribution in [-0.4, -0.2) is 23.9 Å². The maximum atomic E-state index is 13.2. The van der Waals surface area contributed by atoms with E-state index in [1.807, 2.05) is 13.8 Å². The monoisotopic (exact) mass is 416 g/mol. The molecule has 4 bridgehead atoms. The quantitative estimate of drug-likeness (QED) is 0.698. The number of nitrogens with one attached hydrogen (secondary N) is 2. The fourth-order valence-corrected chi connectivity index (χ4v) is 6.79. The Morgan fingerprint density at radius 3 is 2.03 bits per heavy atom. The molecule has 0 spiro atoms. The molecule has 4 nitrogen and oxygen atoms in total. The van der Waals surface area contributed by atoms with Gasteiger partial charge in [-0.3, -0.25) is 9.59 Å². The van der Waals surface area contributed by atoms with Crippen LogP contribution < -0.4 is 10.6 Å². The molecule has 0 radical (unpaired) electrons. The Balaban J connectivity index is 1.44. The predicted molar refractivity (Wildman–Crippen MR) is 116 cm³/mol. The summed E-state index contributed by atoms with van der Waals surface area (Å²) in [6.07, 6.45) is 7.92. The van der Waals surface area contributed by atoms with Gasteiger partial charge in [0.05, 0.1) is 10.6 Å². The van der Waals surface area contributed by atoms with Crippen molar-refractivity contribution in [1.29, 1.82) is 0 Å². The number of hydrogen-bond acceptors (Lipinski definition) is 2. The zero-order valence-corrected chi connectivity index (χ0v) is 18.5. The van der Waals surface area contributed by atoms with Gasteiger partial charge in [-0.05, 0) is 86.7 Å². The number of rotatable bonds is 6. The van der Waals surface area contributed by atoms with E-state index in [0.717, 1.165) is 17.8 Å². The third-order valence-corrected chi connectivity index (χ3v) is 8.05. The highest BCUT2D eigenvalue weighted by Gasteiger charge is 2.53. The van der Waals surface area contributed by atoms with Crippen LogP contribution in [0, 0.1) is 29.1 Å². The van der Waals surface area contributed by atoms with Gasteiger partial charge in [0.25, 0.3) is 5.91 Å². The lowest BCUT2D eigenvalue weighted by molar-refractivity contribution is -0.128. The van der Waals surface area contributed by atoms with Gasteiger partial charge in [-0.15, -0.1) is 0 Å². The second-order valence-corrected chi connectivity index (χ2v) is 10.6. The average molecular weight is 417 g/mol. The lowest BCUT2D eigenvalue weighted by Crippen LogP contribution is -2.59. The van der Waals surface area contributed by atoms with Crippen LogP contribution in [0.2, 0.25) is 5.02 Å². The van der Waals surface area contributed by atoms with Crippen molar-refractivity contribution < 1.29 is 9.59 Å². The topological polar surface area (TPSA) is 58.2 Å². The first kappa shape index (κ1) is 20.7. The van der Waals surface area contributed by atoms with E-state index in [1.165, 1.54) is 38.5 Å². The smallest absolute Gasteiger partial charge is 0.253 e. The maximum absolute atomic E-state index is 13.2. The second kappa shape index (κ2) is 7.94. The van der Waals surface area contributed by atoms with Crippen molar-refractivity contribution in [3.63, 3.8) is 0 Å². The summed E-state index contributed by atoms with van der Waals surface area (Å²) in [4.78, 5) is 25.9. The highest BCUT2D eigenvalue weighted by molar-refractivity contribution is 6.33. The van der Waals surface area contributed by atoms with Gasteiger partial charge in [0, 0.05) is 6.04 Å². The Morgan fingerprint density at radius 1 is 0.966 bits per heavy atom. The van der Waals surface area contributed by atoms with Crippen LogP contribution in [0.4, 0.5) is 0 Å². The molecule has 4 saturated carbocycles. The molecule has 0 heterocycles. The van der Waals surface area contributed by atoms with Crippen molar-refractivity contribution in [1.82, 2.24) is 10.6 Å². The van der Waals surface area contributed by atoms with Crippen molar-refractivity contribution in [2.75, 3.05) is 0 Å². The number of benzene rings is 1. The number of halogens is 1. The summed E-state index contributed by atoms with van der Waals surface area (Å²) in [6.45, 7) is 6.11. The van der Waals surface area contributed by atoms with E-state index < -0.39 is 6.04 Å². The van der Waals surface area contributed by atoms with E-state index >= 15 is 0 Å². The molecule has 4 aliphatic carbocycles. The first-order valence-electron chi connectivity index (χ1n) is 11.1. The van der Waals surface area contributed by atoms with Gasteiger partial charge in [0.15, 0.2) is 0 Å². The molecular weight excluding hydrogens is 384 g/mol. The van der Waals surface area contributed by atoms with Crippen molar-refractivity contribution >= 4 is 23.4 Å². The third-order valence-electron chi connectivity index (χ3n) is 7.72. The molecule has 2 unspecified atom stereocenters. The minimum atomic E-state index is -0.574. The molecule has 5 rings (SSSR count). The predicted octanol–water partition coefficient (Wildman–Crippen LogP) is 4.82. The Labute approximate surface area is 179 Å². The minimum Gasteiger partial charge on any atom is -0.351 e. The number of amides is 2. The van der Waals surface area contributed by atoms with E-state index in [2.05, 4.69) is 17.6 Å². The van der Waals surface area contributed by atoms with Crippen molar-refractivity contribution in [3.05, 3.63) is 34.9 Å². The number of hydrogen-bond donors (Lipinski definition) is 2. The average Bonchev–Trinajstić information content (AvgIpc) is 2.64. The molecule has 2 N–H and O–H groups in total. The van der Waals surface area contributed by atoms with Crippen LogP contribution in [0.3, 0.4) is 0 Å². The summed E-state index contributed by atoms with van der Waals surface area (Å²) in [5.41, 5.74) is 0.653. The molecule has 0 saturated heterocycles. The lowest BCUT2D eigenvalue weighted by atomic mass is 9.48. The van der Waals surface area contributed by atoms with Crippen molar-refractivity contribution in [2.24, 2.45) is 29.1 Å². The van der Waals surface area contributed by atoms with Gasteiger partial charge < -0.3 is 10.6 Å². The summed E-state index contributed by atoms with van der Waals surface area (Å²) in [5.74, 6) is 2.16. The molecule has 0 aliphatic heterocycles. The zero-order chi connectivity index (χ0) is 20.8. The van der Waals surface area contributed by atoms with Gasteiger partial charge >= 0.3 is 0 Å². The van der Waals surface area contributed by atoms with Gasteiger partial charge in [-0.2, -0.15) is 0 Å². The van der Waals surface area contributed by atoms with Gasteiger partial charge in [-0.25, -0.2) is 0 Å². The first-order valence-corrected chi connectivity index (χ1v) is 11.5. The fourth-order valence-electron chi connectivity index (χ4n) is 6.56. The fraction of sp³-hybridized carbons (Fsp3) is 0.667. The van der Waals surface area contributed by atoms with Crippen LogP contribution in [0.5, 0.6) is 0 Å².